The van der Waals surface area contributed by atoms with Crippen LogP contribution in [0.25, 0.3) is 0 Å². The van der Waals surface area contributed by atoms with Crippen molar-refractivity contribution in [2.75, 3.05) is 26.7 Å². The minimum atomic E-state index is -0.925. The topological polar surface area (TPSA) is 98.8 Å². The molecule has 8 heteroatoms. The average molecular weight is 412 g/mol. The number of hydrogen-bond acceptors (Lipinski definition) is 6. The standard InChI is InChI=1S/C22H28N4O4/c1-23-10-7-14-8-11-25(12-9-14)13-15-3-2-4-16-19(15)22(30)26(21(16)29)17-5-6-18(27)24-20(17)28/h2-4,14,17,23H,5-13H2,1H3,(H,24,27,28). The first-order chi connectivity index (χ1) is 14.5. The van der Waals surface area contributed by atoms with Crippen molar-refractivity contribution in [2.45, 2.75) is 44.7 Å². The van der Waals surface area contributed by atoms with Gasteiger partial charge < -0.3 is 5.32 Å². The second-order valence-electron chi connectivity index (χ2n) is 8.40. The van der Waals surface area contributed by atoms with E-state index in [0.29, 0.717) is 17.7 Å². The van der Waals surface area contributed by atoms with Crippen molar-refractivity contribution < 1.29 is 19.2 Å². The van der Waals surface area contributed by atoms with E-state index < -0.39 is 23.8 Å². The summed E-state index contributed by atoms with van der Waals surface area (Å²) in [7, 11) is 1.97. The molecule has 3 aliphatic rings. The molecule has 0 radical (unpaired) electrons. The largest absolute Gasteiger partial charge is 0.320 e. The third kappa shape index (κ3) is 3.89. The van der Waals surface area contributed by atoms with Gasteiger partial charge in [0.1, 0.15) is 6.04 Å². The van der Waals surface area contributed by atoms with Crippen LogP contribution in [0.4, 0.5) is 0 Å². The van der Waals surface area contributed by atoms with Gasteiger partial charge in [-0.1, -0.05) is 12.1 Å². The maximum Gasteiger partial charge on any atom is 0.262 e. The van der Waals surface area contributed by atoms with Crippen molar-refractivity contribution in [2.24, 2.45) is 5.92 Å². The minimum Gasteiger partial charge on any atom is -0.320 e. The van der Waals surface area contributed by atoms with Crippen LogP contribution in [-0.4, -0.2) is 66.2 Å². The molecule has 3 aliphatic heterocycles. The number of likely N-dealkylation sites (tertiary alicyclic amines) is 1. The Labute approximate surface area is 176 Å². The lowest BCUT2D eigenvalue weighted by Gasteiger charge is -2.32. The molecule has 2 fully saturated rings. The first kappa shape index (κ1) is 20.7. The van der Waals surface area contributed by atoms with E-state index in [4.69, 9.17) is 0 Å². The highest BCUT2D eigenvalue weighted by atomic mass is 16.2. The fraction of sp³-hybridized carbons (Fsp3) is 0.545. The highest BCUT2D eigenvalue weighted by Gasteiger charge is 2.45. The van der Waals surface area contributed by atoms with Gasteiger partial charge in [-0.05, 0) is 69.9 Å². The zero-order valence-corrected chi connectivity index (χ0v) is 17.3. The molecule has 0 aliphatic carbocycles. The number of hydrogen-bond donors (Lipinski definition) is 2. The molecule has 8 nitrogen and oxygen atoms in total. The molecule has 1 aromatic rings. The Kier molecular flexibility index (Phi) is 5.97. The molecule has 160 valence electrons. The number of amides is 4. The van der Waals surface area contributed by atoms with Gasteiger partial charge in [-0.25, -0.2) is 0 Å². The second-order valence-corrected chi connectivity index (χ2v) is 8.40. The third-order valence-electron chi connectivity index (χ3n) is 6.46. The number of carbonyl (C=O) groups is 4. The smallest absolute Gasteiger partial charge is 0.262 e. The SMILES string of the molecule is CNCCC1CCN(Cc2cccc3c2C(=O)N(C2CCC(=O)NC2=O)C3=O)CC1. The Morgan fingerprint density at radius 3 is 2.53 bits per heavy atom. The summed E-state index contributed by atoms with van der Waals surface area (Å²) in [4.78, 5) is 53.2. The average Bonchev–Trinajstić information content (AvgIpc) is 2.99. The van der Waals surface area contributed by atoms with Crippen LogP contribution in [0, 0.1) is 5.92 Å². The van der Waals surface area contributed by atoms with E-state index in [1.165, 1.54) is 6.42 Å². The van der Waals surface area contributed by atoms with Crippen LogP contribution in [0.3, 0.4) is 0 Å². The van der Waals surface area contributed by atoms with Crippen LogP contribution in [0.5, 0.6) is 0 Å². The lowest BCUT2D eigenvalue weighted by molar-refractivity contribution is -0.136. The molecule has 4 rings (SSSR count). The molecule has 30 heavy (non-hydrogen) atoms. The van der Waals surface area contributed by atoms with E-state index in [-0.39, 0.29) is 18.7 Å². The molecule has 2 N–H and O–H groups in total. The van der Waals surface area contributed by atoms with Crippen molar-refractivity contribution in [1.82, 2.24) is 20.4 Å². The lowest BCUT2D eigenvalue weighted by atomic mass is 9.93. The van der Waals surface area contributed by atoms with Gasteiger partial charge in [0.15, 0.2) is 0 Å². The van der Waals surface area contributed by atoms with E-state index in [9.17, 15) is 19.2 Å². The van der Waals surface area contributed by atoms with Gasteiger partial charge in [0.05, 0.1) is 11.1 Å². The number of rotatable bonds is 6. The van der Waals surface area contributed by atoms with Crippen molar-refractivity contribution in [1.29, 1.82) is 0 Å². The van der Waals surface area contributed by atoms with Crippen molar-refractivity contribution in [3.05, 3.63) is 34.9 Å². The van der Waals surface area contributed by atoms with Crippen LogP contribution >= 0.6 is 0 Å². The van der Waals surface area contributed by atoms with Crippen LogP contribution in [-0.2, 0) is 16.1 Å². The zero-order valence-electron chi connectivity index (χ0n) is 17.3. The predicted octanol–water partition coefficient (Wildman–Crippen LogP) is 0.909. The molecule has 3 heterocycles. The van der Waals surface area contributed by atoms with Crippen LogP contribution in [0.1, 0.15) is 58.4 Å². The Morgan fingerprint density at radius 1 is 1.07 bits per heavy atom. The summed E-state index contributed by atoms with van der Waals surface area (Å²) >= 11 is 0. The Balaban J connectivity index is 1.48. The highest BCUT2D eigenvalue weighted by molar-refractivity contribution is 6.24. The van der Waals surface area contributed by atoms with Gasteiger partial charge in [0, 0.05) is 13.0 Å². The Morgan fingerprint density at radius 2 is 1.83 bits per heavy atom. The number of fused-ring (bicyclic) bond motifs is 1. The molecule has 1 atom stereocenters. The zero-order chi connectivity index (χ0) is 21.3. The molecule has 0 aromatic heterocycles. The molecule has 1 unspecified atom stereocenters. The fourth-order valence-electron chi connectivity index (χ4n) is 4.74. The summed E-state index contributed by atoms with van der Waals surface area (Å²) in [5.74, 6) is -1.10. The van der Waals surface area contributed by atoms with Gasteiger partial charge in [-0.2, -0.15) is 0 Å². The van der Waals surface area contributed by atoms with Gasteiger partial charge in [-0.15, -0.1) is 0 Å². The second kappa shape index (κ2) is 8.65. The van der Waals surface area contributed by atoms with E-state index in [1.54, 1.807) is 12.1 Å². The number of piperidine rings is 2. The Bertz CT molecular complexity index is 876. The molecular formula is C22H28N4O4. The van der Waals surface area contributed by atoms with Crippen LogP contribution in [0.2, 0.25) is 0 Å². The van der Waals surface area contributed by atoms with Gasteiger partial charge in [0.25, 0.3) is 11.8 Å². The number of nitrogens with one attached hydrogen (secondary N) is 2. The van der Waals surface area contributed by atoms with Crippen molar-refractivity contribution >= 4 is 23.6 Å². The van der Waals surface area contributed by atoms with Crippen molar-refractivity contribution in [3.63, 3.8) is 0 Å². The summed E-state index contributed by atoms with van der Waals surface area (Å²) in [6.45, 7) is 3.59. The fourth-order valence-corrected chi connectivity index (χ4v) is 4.74. The minimum absolute atomic E-state index is 0.124. The lowest BCUT2D eigenvalue weighted by Crippen LogP contribution is -2.54. The number of carbonyl (C=O) groups excluding carboxylic acids is 4. The number of nitrogens with zero attached hydrogens (tertiary/aromatic N) is 2. The number of benzene rings is 1. The van der Waals surface area contributed by atoms with Crippen LogP contribution < -0.4 is 10.6 Å². The molecule has 2 saturated heterocycles. The van der Waals surface area contributed by atoms with Gasteiger partial charge in [0.2, 0.25) is 11.8 Å². The van der Waals surface area contributed by atoms with Gasteiger partial charge >= 0.3 is 0 Å². The molecule has 0 spiro atoms. The number of imide groups is 2. The highest BCUT2D eigenvalue weighted by Crippen LogP contribution is 2.31. The molecule has 0 saturated carbocycles. The van der Waals surface area contributed by atoms with E-state index in [0.717, 1.165) is 48.9 Å². The van der Waals surface area contributed by atoms with E-state index in [2.05, 4.69) is 15.5 Å². The van der Waals surface area contributed by atoms with Crippen molar-refractivity contribution in [3.8, 4) is 0 Å². The third-order valence-corrected chi connectivity index (χ3v) is 6.46. The summed E-state index contributed by atoms with van der Waals surface area (Å²) < 4.78 is 0. The van der Waals surface area contributed by atoms with Gasteiger partial charge in [-0.3, -0.25) is 34.3 Å². The molecule has 0 bridgehead atoms. The summed E-state index contributed by atoms with van der Waals surface area (Å²) in [5, 5.41) is 5.44. The first-order valence-corrected chi connectivity index (χ1v) is 10.7. The summed E-state index contributed by atoms with van der Waals surface area (Å²) in [5.41, 5.74) is 1.59. The summed E-state index contributed by atoms with van der Waals surface area (Å²) in [6, 6.07) is 4.42. The Hall–Kier alpha value is -2.58. The molecular weight excluding hydrogens is 384 g/mol. The summed E-state index contributed by atoms with van der Waals surface area (Å²) in [6.07, 6.45) is 3.74. The van der Waals surface area contributed by atoms with E-state index in [1.807, 2.05) is 13.1 Å². The maximum absolute atomic E-state index is 13.2. The molecule has 4 amide bonds. The predicted molar refractivity (Wildman–Crippen MR) is 110 cm³/mol. The molecule has 1 aromatic carbocycles. The monoisotopic (exact) mass is 412 g/mol. The first-order valence-electron chi connectivity index (χ1n) is 10.7. The maximum atomic E-state index is 13.2. The van der Waals surface area contributed by atoms with Crippen LogP contribution in [0.15, 0.2) is 18.2 Å². The quantitative estimate of drug-likeness (QED) is 0.674. The van der Waals surface area contributed by atoms with E-state index >= 15 is 0 Å². The normalized spacial score (nSPS) is 23.1.